The number of amides is 2. The second kappa shape index (κ2) is 7.55. The Bertz CT molecular complexity index is 830. The highest BCUT2D eigenvalue weighted by Gasteiger charge is 2.53. The second-order valence-electron chi connectivity index (χ2n) is 7.26. The van der Waals surface area contributed by atoms with Crippen LogP contribution in [0.4, 0.5) is 0 Å². The predicted molar refractivity (Wildman–Crippen MR) is 100 cm³/mol. The minimum Gasteiger partial charge on any atom is -0.493 e. The highest BCUT2D eigenvalue weighted by Crippen LogP contribution is 2.40. The van der Waals surface area contributed by atoms with Crippen LogP contribution in [-0.2, 0) is 14.3 Å². The van der Waals surface area contributed by atoms with Gasteiger partial charge in [0.1, 0.15) is 6.04 Å². The molecule has 0 saturated carbocycles. The lowest BCUT2D eigenvalue weighted by molar-refractivity contribution is -0.173. The van der Waals surface area contributed by atoms with Crippen molar-refractivity contribution in [3.63, 3.8) is 0 Å². The maximum absolute atomic E-state index is 13.2. The first-order valence-corrected chi connectivity index (χ1v) is 9.61. The molecular weight excluding hydrogens is 380 g/mol. The quantitative estimate of drug-likeness (QED) is 0.530. The van der Waals surface area contributed by atoms with Crippen molar-refractivity contribution in [1.29, 1.82) is 0 Å². The van der Waals surface area contributed by atoms with Gasteiger partial charge in [0.15, 0.2) is 17.7 Å². The van der Waals surface area contributed by atoms with E-state index in [9.17, 15) is 14.4 Å². The molecule has 3 aliphatic heterocycles. The molecular formula is C20H24N2O7. The van der Waals surface area contributed by atoms with Crippen LogP contribution in [0.25, 0.3) is 0 Å². The number of methoxy groups -OCH3 is 3. The number of hydrogen-bond acceptors (Lipinski definition) is 7. The summed E-state index contributed by atoms with van der Waals surface area (Å²) in [4.78, 5) is 42.3. The molecule has 1 aromatic carbocycles. The number of carbonyl (C=O) groups is 3. The van der Waals surface area contributed by atoms with Crippen molar-refractivity contribution in [3.05, 3.63) is 17.7 Å². The molecule has 3 aliphatic rings. The lowest BCUT2D eigenvalue weighted by Gasteiger charge is -2.50. The zero-order valence-electron chi connectivity index (χ0n) is 16.7. The van der Waals surface area contributed by atoms with E-state index in [1.54, 1.807) is 4.90 Å². The van der Waals surface area contributed by atoms with E-state index < -0.39 is 24.0 Å². The van der Waals surface area contributed by atoms with Gasteiger partial charge in [-0.05, 0) is 31.4 Å². The third-order valence-electron chi connectivity index (χ3n) is 5.85. The van der Waals surface area contributed by atoms with Crippen molar-refractivity contribution in [3.8, 4) is 17.2 Å². The normalized spacial score (nSPS) is 25.5. The van der Waals surface area contributed by atoms with E-state index in [1.165, 1.54) is 38.4 Å². The van der Waals surface area contributed by atoms with Crippen LogP contribution < -0.4 is 14.2 Å². The van der Waals surface area contributed by atoms with Gasteiger partial charge in [0.2, 0.25) is 11.7 Å². The van der Waals surface area contributed by atoms with Gasteiger partial charge in [-0.25, -0.2) is 0 Å². The topological polar surface area (TPSA) is 94.6 Å². The minimum atomic E-state index is -0.722. The maximum atomic E-state index is 13.2. The van der Waals surface area contributed by atoms with Crippen LogP contribution in [0.15, 0.2) is 12.1 Å². The Hall–Kier alpha value is -2.81. The fourth-order valence-electron chi connectivity index (χ4n) is 4.53. The summed E-state index contributed by atoms with van der Waals surface area (Å²) >= 11 is 0. The number of nitrogens with zero attached hydrogens (tertiary/aromatic N) is 2. The maximum Gasteiger partial charge on any atom is 0.296 e. The first-order valence-electron chi connectivity index (χ1n) is 9.61. The minimum absolute atomic E-state index is 0.116. The molecule has 9 nitrogen and oxygen atoms in total. The molecule has 0 aliphatic carbocycles. The lowest BCUT2D eigenvalue weighted by atomic mass is 9.88. The number of carbonyl (C=O) groups excluding carboxylic acids is 3. The first-order chi connectivity index (χ1) is 14.0. The van der Waals surface area contributed by atoms with E-state index in [0.29, 0.717) is 31.7 Å². The second-order valence-corrected chi connectivity index (χ2v) is 7.26. The molecule has 3 fully saturated rings. The summed E-state index contributed by atoms with van der Waals surface area (Å²) in [5, 5.41) is 0. The number of ether oxygens (including phenoxy) is 4. The van der Waals surface area contributed by atoms with Gasteiger partial charge in [-0.15, -0.1) is 0 Å². The molecule has 2 amide bonds. The van der Waals surface area contributed by atoms with Crippen molar-refractivity contribution in [1.82, 2.24) is 9.80 Å². The van der Waals surface area contributed by atoms with Crippen LogP contribution in [0, 0.1) is 0 Å². The van der Waals surface area contributed by atoms with Crippen LogP contribution in [0.2, 0.25) is 0 Å². The molecule has 156 valence electrons. The van der Waals surface area contributed by atoms with Crippen LogP contribution in [-0.4, -0.2) is 80.2 Å². The van der Waals surface area contributed by atoms with E-state index >= 15 is 0 Å². The van der Waals surface area contributed by atoms with E-state index in [1.807, 2.05) is 0 Å². The van der Waals surface area contributed by atoms with Gasteiger partial charge in [0.25, 0.3) is 11.7 Å². The number of hydrogen-bond donors (Lipinski definition) is 0. The van der Waals surface area contributed by atoms with Crippen molar-refractivity contribution < 1.29 is 33.3 Å². The molecule has 0 spiro atoms. The van der Waals surface area contributed by atoms with Crippen molar-refractivity contribution in [2.24, 2.45) is 0 Å². The van der Waals surface area contributed by atoms with Crippen molar-refractivity contribution in [2.75, 3.05) is 34.5 Å². The standard InChI is InChI=1S/C20H24N2O7/c1-26-14-9-11(10-15(27-2)17(14)28-3)16(23)19(25)22-12-5-4-6-13(22)20-21(18(12)24)7-8-29-20/h9-10,12-13,20H,4-8H2,1-3H3/t12?,13?,20-/m0/s1. The Morgan fingerprint density at radius 1 is 1.07 bits per heavy atom. The first kappa shape index (κ1) is 19.5. The Labute approximate surface area is 168 Å². The molecule has 2 unspecified atom stereocenters. The molecule has 0 radical (unpaired) electrons. The van der Waals surface area contributed by atoms with Gasteiger partial charge in [0, 0.05) is 12.1 Å². The van der Waals surface area contributed by atoms with E-state index in [-0.39, 0.29) is 29.0 Å². The molecule has 0 N–H and O–H groups in total. The zero-order chi connectivity index (χ0) is 20.7. The summed E-state index contributed by atoms with van der Waals surface area (Å²) in [5.41, 5.74) is 0.116. The molecule has 3 saturated heterocycles. The number of benzene rings is 1. The van der Waals surface area contributed by atoms with Gasteiger partial charge >= 0.3 is 0 Å². The molecule has 1 aromatic rings. The number of Topliss-reactive ketones (excluding diaryl/α,β-unsaturated/α-hetero) is 1. The fourth-order valence-corrected chi connectivity index (χ4v) is 4.53. The third-order valence-corrected chi connectivity index (χ3v) is 5.85. The highest BCUT2D eigenvalue weighted by atomic mass is 16.5. The number of ketones is 1. The summed E-state index contributed by atoms with van der Waals surface area (Å²) in [6, 6.07) is 1.96. The van der Waals surface area contributed by atoms with E-state index in [0.717, 1.165) is 6.42 Å². The molecule has 29 heavy (non-hydrogen) atoms. The summed E-state index contributed by atoms with van der Waals surface area (Å²) in [7, 11) is 4.33. The molecule has 4 rings (SSSR count). The Morgan fingerprint density at radius 2 is 1.76 bits per heavy atom. The number of fused-ring (bicyclic) bond motifs is 4. The summed E-state index contributed by atoms with van der Waals surface area (Å²) < 4.78 is 21.6. The van der Waals surface area contributed by atoms with Crippen molar-refractivity contribution in [2.45, 2.75) is 37.6 Å². The Balaban J connectivity index is 1.67. The van der Waals surface area contributed by atoms with Crippen molar-refractivity contribution >= 4 is 17.6 Å². The Kier molecular flexibility index (Phi) is 5.08. The molecule has 3 atom stereocenters. The third kappa shape index (κ3) is 3.00. The van der Waals surface area contributed by atoms with Gasteiger partial charge in [-0.1, -0.05) is 0 Å². The zero-order valence-corrected chi connectivity index (χ0v) is 16.7. The summed E-state index contributed by atoms with van der Waals surface area (Å²) in [6.45, 7) is 0.974. The predicted octanol–water partition coefficient (Wildman–Crippen LogP) is 0.843. The average Bonchev–Trinajstić information content (AvgIpc) is 3.25. The average molecular weight is 404 g/mol. The number of piperazine rings is 1. The smallest absolute Gasteiger partial charge is 0.296 e. The monoisotopic (exact) mass is 404 g/mol. The van der Waals surface area contributed by atoms with E-state index in [4.69, 9.17) is 18.9 Å². The number of rotatable bonds is 5. The highest BCUT2D eigenvalue weighted by molar-refractivity contribution is 6.43. The SMILES string of the molecule is COc1cc(C(=O)C(=O)N2C3CCCC2[C@@H]2OCCN2C3=O)cc(OC)c1OC. The molecule has 2 bridgehead atoms. The van der Waals surface area contributed by atoms with Crippen LogP contribution in [0.1, 0.15) is 29.6 Å². The number of piperidine rings is 1. The molecule has 0 aromatic heterocycles. The van der Waals surface area contributed by atoms with Gasteiger partial charge in [0.05, 0.1) is 34.0 Å². The van der Waals surface area contributed by atoms with Gasteiger partial charge in [-0.2, -0.15) is 0 Å². The summed E-state index contributed by atoms with van der Waals surface area (Å²) in [6.07, 6.45) is 1.58. The van der Waals surface area contributed by atoms with Crippen LogP contribution in [0.5, 0.6) is 17.2 Å². The summed E-state index contributed by atoms with van der Waals surface area (Å²) in [5.74, 6) is -0.683. The van der Waals surface area contributed by atoms with Gasteiger partial charge < -0.3 is 28.7 Å². The van der Waals surface area contributed by atoms with Crippen LogP contribution in [0.3, 0.4) is 0 Å². The van der Waals surface area contributed by atoms with E-state index in [2.05, 4.69) is 0 Å². The lowest BCUT2D eigenvalue weighted by Crippen LogP contribution is -2.69. The molecule has 9 heteroatoms. The van der Waals surface area contributed by atoms with Gasteiger partial charge in [-0.3, -0.25) is 14.4 Å². The fraction of sp³-hybridized carbons (Fsp3) is 0.550. The molecule has 3 heterocycles. The largest absolute Gasteiger partial charge is 0.493 e. The Morgan fingerprint density at radius 3 is 2.38 bits per heavy atom. The van der Waals surface area contributed by atoms with Crippen LogP contribution >= 0.6 is 0 Å².